The minimum absolute atomic E-state index is 0.201. The average Bonchev–Trinajstić information content (AvgIpc) is 2.89. The van der Waals surface area contributed by atoms with E-state index in [4.69, 9.17) is 9.47 Å². The van der Waals surface area contributed by atoms with Gasteiger partial charge < -0.3 is 19.1 Å². The molecule has 0 atom stereocenters. The zero-order valence-corrected chi connectivity index (χ0v) is 20.7. The van der Waals surface area contributed by atoms with Crippen LogP contribution < -0.4 is 14.4 Å². The Morgan fingerprint density at radius 2 is 1.86 bits per heavy atom. The van der Waals surface area contributed by atoms with Gasteiger partial charge in [-0.2, -0.15) is 0 Å². The van der Waals surface area contributed by atoms with E-state index in [1.165, 1.54) is 13.2 Å². The third-order valence-electron chi connectivity index (χ3n) is 5.75. The van der Waals surface area contributed by atoms with Crippen LogP contribution >= 0.6 is 0 Å². The van der Waals surface area contributed by atoms with E-state index in [9.17, 15) is 9.59 Å². The molecule has 0 spiro atoms. The van der Waals surface area contributed by atoms with Crippen molar-refractivity contribution in [3.63, 3.8) is 0 Å². The van der Waals surface area contributed by atoms with Crippen LogP contribution in [0.2, 0.25) is 0 Å². The van der Waals surface area contributed by atoms with Gasteiger partial charge >= 0.3 is 5.97 Å². The Morgan fingerprint density at radius 3 is 2.58 bits per heavy atom. The molecular weight excluding hydrogens is 456 g/mol. The fourth-order valence-corrected chi connectivity index (χ4v) is 3.92. The summed E-state index contributed by atoms with van der Waals surface area (Å²) in [5.41, 5.74) is 3.13. The number of esters is 1. The summed E-state index contributed by atoms with van der Waals surface area (Å²) < 4.78 is 16.7. The first-order valence-electron chi connectivity index (χ1n) is 11.5. The Bertz CT molecular complexity index is 1330. The van der Waals surface area contributed by atoms with Gasteiger partial charge in [0.25, 0.3) is 5.91 Å². The standard InChI is InChI=1S/C29H28N2O5/c1-29(2)15-12-21-9-10-23(26(35-4)27(21)36-29)19-31(28(33)22-13-16-30-17-14-22)24-7-5-6-20(18-24)8-11-25(32)34-3/h5-18H,19H2,1-4H3/b11-8+. The predicted octanol–water partition coefficient (Wildman–Crippen LogP) is 5.31. The summed E-state index contributed by atoms with van der Waals surface area (Å²) in [6.45, 7) is 4.19. The number of methoxy groups -OCH3 is 2. The highest BCUT2D eigenvalue weighted by molar-refractivity contribution is 6.06. The monoisotopic (exact) mass is 484 g/mol. The molecule has 2 heterocycles. The molecule has 7 nitrogen and oxygen atoms in total. The molecule has 0 fully saturated rings. The number of carbonyl (C=O) groups is 2. The molecule has 0 aliphatic carbocycles. The zero-order chi connectivity index (χ0) is 25.7. The second-order valence-corrected chi connectivity index (χ2v) is 8.79. The third-order valence-corrected chi connectivity index (χ3v) is 5.75. The number of nitrogens with zero attached hydrogens (tertiary/aromatic N) is 2. The number of amides is 1. The maximum absolute atomic E-state index is 13.7. The lowest BCUT2D eigenvalue weighted by Gasteiger charge is -2.31. The fraction of sp³-hybridized carbons (Fsp3) is 0.207. The smallest absolute Gasteiger partial charge is 0.330 e. The van der Waals surface area contributed by atoms with Gasteiger partial charge in [0, 0.05) is 40.8 Å². The molecule has 0 N–H and O–H groups in total. The lowest BCUT2D eigenvalue weighted by molar-refractivity contribution is -0.134. The van der Waals surface area contributed by atoms with E-state index in [1.54, 1.807) is 42.6 Å². The molecule has 0 saturated heterocycles. The number of pyridine rings is 1. The Balaban J connectivity index is 1.76. The molecule has 7 heteroatoms. The highest BCUT2D eigenvalue weighted by Crippen LogP contribution is 2.42. The van der Waals surface area contributed by atoms with Gasteiger partial charge in [-0.05, 0) is 55.8 Å². The lowest BCUT2D eigenvalue weighted by atomic mass is 9.99. The van der Waals surface area contributed by atoms with Gasteiger partial charge in [0.1, 0.15) is 5.60 Å². The molecule has 3 aromatic rings. The van der Waals surface area contributed by atoms with Gasteiger partial charge in [-0.25, -0.2) is 4.79 Å². The molecule has 0 saturated carbocycles. The molecule has 1 aliphatic rings. The fourth-order valence-electron chi connectivity index (χ4n) is 3.92. The number of carbonyl (C=O) groups excluding carboxylic acids is 2. The number of anilines is 1. The summed E-state index contributed by atoms with van der Waals surface area (Å²) in [5.74, 6) is 0.570. The van der Waals surface area contributed by atoms with Crippen molar-refractivity contribution < 1.29 is 23.8 Å². The highest BCUT2D eigenvalue weighted by Gasteiger charge is 2.28. The summed E-state index contributed by atoms with van der Waals surface area (Å²) in [6, 6.07) is 14.6. The van der Waals surface area contributed by atoms with E-state index < -0.39 is 11.6 Å². The first-order chi connectivity index (χ1) is 17.3. The maximum atomic E-state index is 13.7. The second-order valence-electron chi connectivity index (χ2n) is 8.79. The van der Waals surface area contributed by atoms with Crippen molar-refractivity contribution in [2.75, 3.05) is 19.1 Å². The van der Waals surface area contributed by atoms with E-state index in [-0.39, 0.29) is 12.5 Å². The Hall–Kier alpha value is -4.39. The number of rotatable bonds is 7. The van der Waals surface area contributed by atoms with Crippen LogP contribution in [0.5, 0.6) is 11.5 Å². The van der Waals surface area contributed by atoms with Crippen molar-refractivity contribution in [3.05, 3.63) is 95.3 Å². The molecule has 1 amide bonds. The maximum Gasteiger partial charge on any atom is 0.330 e. The number of fused-ring (bicyclic) bond motifs is 1. The Kier molecular flexibility index (Phi) is 7.20. The first kappa shape index (κ1) is 24.7. The number of ether oxygens (including phenoxy) is 3. The van der Waals surface area contributed by atoms with Gasteiger partial charge in [0.05, 0.1) is 20.8 Å². The minimum atomic E-state index is -0.480. The number of hydrogen-bond acceptors (Lipinski definition) is 6. The molecule has 0 unspecified atom stereocenters. The topological polar surface area (TPSA) is 78.0 Å². The van der Waals surface area contributed by atoms with Gasteiger partial charge in [0.2, 0.25) is 0 Å². The van der Waals surface area contributed by atoms with Crippen LogP contribution in [-0.2, 0) is 16.1 Å². The molecule has 0 radical (unpaired) electrons. The average molecular weight is 485 g/mol. The van der Waals surface area contributed by atoms with Gasteiger partial charge in [-0.1, -0.05) is 30.3 Å². The highest BCUT2D eigenvalue weighted by atomic mass is 16.5. The van der Waals surface area contributed by atoms with Crippen molar-refractivity contribution in [1.29, 1.82) is 0 Å². The summed E-state index contributed by atoms with van der Waals surface area (Å²) in [5, 5.41) is 0. The van der Waals surface area contributed by atoms with E-state index >= 15 is 0 Å². The van der Waals surface area contributed by atoms with E-state index in [2.05, 4.69) is 9.72 Å². The molecule has 36 heavy (non-hydrogen) atoms. The molecular formula is C29H28N2O5. The molecule has 4 rings (SSSR count). The van der Waals surface area contributed by atoms with Crippen LogP contribution in [0.25, 0.3) is 12.2 Å². The van der Waals surface area contributed by atoms with Crippen molar-refractivity contribution in [3.8, 4) is 11.5 Å². The van der Waals surface area contributed by atoms with Crippen molar-refractivity contribution >= 4 is 29.7 Å². The molecule has 1 aromatic heterocycles. The first-order valence-corrected chi connectivity index (χ1v) is 11.5. The summed E-state index contributed by atoms with van der Waals surface area (Å²) in [6.07, 6.45) is 10.2. The van der Waals surface area contributed by atoms with E-state index in [0.29, 0.717) is 22.7 Å². The normalized spacial score (nSPS) is 13.6. The predicted molar refractivity (Wildman–Crippen MR) is 139 cm³/mol. The summed E-state index contributed by atoms with van der Waals surface area (Å²) >= 11 is 0. The van der Waals surface area contributed by atoms with Gasteiger partial charge in [-0.3, -0.25) is 9.78 Å². The van der Waals surface area contributed by atoms with Crippen molar-refractivity contribution in [2.45, 2.75) is 26.0 Å². The molecule has 184 valence electrons. The van der Waals surface area contributed by atoms with E-state index in [1.807, 2.05) is 62.4 Å². The third kappa shape index (κ3) is 5.46. The molecule has 2 aromatic carbocycles. The Labute approximate surface area is 210 Å². The van der Waals surface area contributed by atoms with Crippen LogP contribution in [0.4, 0.5) is 5.69 Å². The van der Waals surface area contributed by atoms with Crippen LogP contribution in [-0.4, -0.2) is 36.7 Å². The summed E-state index contributed by atoms with van der Waals surface area (Å²) in [4.78, 5) is 30.9. The number of hydrogen-bond donors (Lipinski definition) is 0. The second kappa shape index (κ2) is 10.5. The van der Waals surface area contributed by atoms with Crippen molar-refractivity contribution in [2.24, 2.45) is 0 Å². The SMILES string of the molecule is COC(=O)/C=C/c1cccc(N(Cc2ccc3c(c2OC)OC(C)(C)C=C3)C(=O)c2ccncc2)c1. The van der Waals surface area contributed by atoms with E-state index in [0.717, 1.165) is 16.7 Å². The zero-order valence-electron chi connectivity index (χ0n) is 20.7. The number of benzene rings is 2. The largest absolute Gasteiger partial charge is 0.492 e. The molecule has 0 bridgehead atoms. The van der Waals surface area contributed by atoms with Crippen LogP contribution in [0.3, 0.4) is 0 Å². The van der Waals surface area contributed by atoms with Crippen molar-refractivity contribution in [1.82, 2.24) is 4.98 Å². The summed E-state index contributed by atoms with van der Waals surface area (Å²) in [7, 11) is 2.92. The van der Waals surface area contributed by atoms with Crippen LogP contribution in [0.1, 0.15) is 40.9 Å². The number of aromatic nitrogens is 1. The van der Waals surface area contributed by atoms with Gasteiger partial charge in [-0.15, -0.1) is 0 Å². The lowest BCUT2D eigenvalue weighted by Crippen LogP contribution is -2.31. The van der Waals surface area contributed by atoms with Crippen LogP contribution in [0, 0.1) is 0 Å². The minimum Gasteiger partial charge on any atom is -0.492 e. The Morgan fingerprint density at radius 1 is 1.08 bits per heavy atom. The quantitative estimate of drug-likeness (QED) is 0.334. The van der Waals surface area contributed by atoms with Crippen LogP contribution in [0.15, 0.2) is 73.1 Å². The van der Waals surface area contributed by atoms with Gasteiger partial charge in [0.15, 0.2) is 11.5 Å². The molecule has 1 aliphatic heterocycles.